The number of carboxylic acids is 1. The molecule has 0 aromatic heterocycles. The minimum atomic E-state index is -1.05. The topological polar surface area (TPSA) is 102 Å². The average Bonchev–Trinajstić information content (AvgIpc) is 2.70. The number of nitrogens with two attached hydrogens (primary N) is 1. The van der Waals surface area contributed by atoms with E-state index in [9.17, 15) is 14.7 Å². The Hall–Kier alpha value is -1.64. The number of thioether (sulfide) groups is 1. The predicted octanol–water partition coefficient (Wildman–Crippen LogP) is 3.09. The summed E-state index contributed by atoms with van der Waals surface area (Å²) in [5.41, 5.74) is 6.21. The summed E-state index contributed by atoms with van der Waals surface area (Å²) < 4.78 is 5.95. The molecule has 0 aliphatic heterocycles. The lowest BCUT2D eigenvalue weighted by molar-refractivity contribution is -0.139. The number of rotatable bonds is 13. The van der Waals surface area contributed by atoms with Gasteiger partial charge in [-0.15, -0.1) is 0 Å². The Morgan fingerprint density at radius 2 is 2.00 bits per heavy atom. The number of carbonyl (C=O) groups excluding carboxylic acids is 1. The van der Waals surface area contributed by atoms with E-state index in [1.54, 1.807) is 24.3 Å². The Morgan fingerprint density at radius 1 is 1.31 bits per heavy atom. The van der Waals surface area contributed by atoms with Crippen molar-refractivity contribution < 1.29 is 19.4 Å². The van der Waals surface area contributed by atoms with Crippen LogP contribution in [-0.4, -0.2) is 53.4 Å². The molecule has 0 heterocycles. The Labute approximate surface area is 183 Å². The molecule has 4 N–H and O–H groups in total. The quantitative estimate of drug-likeness (QED) is 0.278. The van der Waals surface area contributed by atoms with Crippen LogP contribution in [-0.2, 0) is 4.79 Å². The maximum absolute atomic E-state index is 12.7. The van der Waals surface area contributed by atoms with Crippen molar-refractivity contribution in [2.75, 3.05) is 24.4 Å². The van der Waals surface area contributed by atoms with Crippen molar-refractivity contribution in [1.29, 1.82) is 0 Å². The van der Waals surface area contributed by atoms with Crippen molar-refractivity contribution in [3.63, 3.8) is 0 Å². The van der Waals surface area contributed by atoms with Crippen LogP contribution in [0.1, 0.15) is 30.6 Å². The molecule has 1 aromatic rings. The zero-order valence-electron chi connectivity index (χ0n) is 17.2. The van der Waals surface area contributed by atoms with E-state index in [0.29, 0.717) is 41.8 Å². The molecule has 0 saturated carbocycles. The van der Waals surface area contributed by atoms with E-state index >= 15 is 0 Å². The number of hydrogen-bond acceptors (Lipinski definition) is 6. The molecule has 3 unspecified atom stereocenters. The summed E-state index contributed by atoms with van der Waals surface area (Å²) >= 11 is 5.72. The normalized spacial score (nSPS) is 14.6. The SMILES string of the molecule is CSCCC(NC(=O)c1ccccc1OCC(/C=C/C(N)CS)C(C)C)C(=O)O. The molecule has 29 heavy (non-hydrogen) atoms. The van der Waals surface area contributed by atoms with Gasteiger partial charge in [0.2, 0.25) is 0 Å². The summed E-state index contributed by atoms with van der Waals surface area (Å²) in [7, 11) is 0. The molecular weight excluding hydrogens is 408 g/mol. The summed E-state index contributed by atoms with van der Waals surface area (Å²) in [6.45, 7) is 4.56. The summed E-state index contributed by atoms with van der Waals surface area (Å²) in [5, 5.41) is 11.9. The van der Waals surface area contributed by atoms with Crippen molar-refractivity contribution in [2.45, 2.75) is 32.4 Å². The molecule has 1 amide bonds. The van der Waals surface area contributed by atoms with Gasteiger partial charge in [0.05, 0.1) is 12.2 Å². The lowest BCUT2D eigenvalue weighted by Gasteiger charge is -2.20. The summed E-state index contributed by atoms with van der Waals surface area (Å²) in [4.78, 5) is 24.1. The maximum Gasteiger partial charge on any atom is 0.326 e. The fourth-order valence-electron chi connectivity index (χ4n) is 2.51. The van der Waals surface area contributed by atoms with Gasteiger partial charge in [0, 0.05) is 17.7 Å². The van der Waals surface area contributed by atoms with Crippen LogP contribution in [0.25, 0.3) is 0 Å². The number of carbonyl (C=O) groups is 2. The van der Waals surface area contributed by atoms with Crippen LogP contribution in [0.2, 0.25) is 0 Å². The van der Waals surface area contributed by atoms with Gasteiger partial charge >= 0.3 is 5.97 Å². The Morgan fingerprint density at radius 3 is 2.59 bits per heavy atom. The maximum atomic E-state index is 12.7. The third-order valence-electron chi connectivity index (χ3n) is 4.45. The number of benzene rings is 1. The fourth-order valence-corrected chi connectivity index (χ4v) is 3.10. The van der Waals surface area contributed by atoms with Gasteiger partial charge in [0.25, 0.3) is 5.91 Å². The van der Waals surface area contributed by atoms with E-state index in [0.717, 1.165) is 0 Å². The molecule has 1 rings (SSSR count). The first-order valence-corrected chi connectivity index (χ1v) is 11.6. The monoisotopic (exact) mass is 440 g/mol. The predicted molar refractivity (Wildman–Crippen MR) is 123 cm³/mol. The first-order valence-electron chi connectivity index (χ1n) is 9.59. The molecule has 0 spiro atoms. The van der Waals surface area contributed by atoms with Gasteiger partial charge in [-0.3, -0.25) is 4.79 Å². The molecule has 0 aliphatic carbocycles. The molecule has 1 aromatic carbocycles. The molecule has 162 valence electrons. The van der Waals surface area contributed by atoms with Gasteiger partial charge in [-0.1, -0.05) is 38.1 Å². The second-order valence-electron chi connectivity index (χ2n) is 7.09. The number of para-hydroxylation sites is 1. The fraction of sp³-hybridized carbons (Fsp3) is 0.524. The minimum Gasteiger partial charge on any atom is -0.492 e. The number of carboxylic acid groups (broad SMARTS) is 1. The highest BCUT2D eigenvalue weighted by Crippen LogP contribution is 2.21. The van der Waals surface area contributed by atoms with Crippen LogP contribution >= 0.6 is 24.4 Å². The summed E-state index contributed by atoms with van der Waals surface area (Å²) in [5.74, 6) is 0.571. The largest absolute Gasteiger partial charge is 0.492 e. The highest BCUT2D eigenvalue weighted by Gasteiger charge is 2.22. The van der Waals surface area contributed by atoms with Crippen molar-refractivity contribution in [3.8, 4) is 5.75 Å². The Bertz CT molecular complexity index is 682. The van der Waals surface area contributed by atoms with Crippen molar-refractivity contribution in [1.82, 2.24) is 5.32 Å². The molecule has 3 atom stereocenters. The van der Waals surface area contributed by atoms with E-state index in [-0.39, 0.29) is 12.0 Å². The highest BCUT2D eigenvalue weighted by atomic mass is 32.2. The van der Waals surface area contributed by atoms with E-state index in [1.165, 1.54) is 11.8 Å². The van der Waals surface area contributed by atoms with Gasteiger partial charge in [-0.2, -0.15) is 24.4 Å². The molecule has 0 radical (unpaired) electrons. The molecule has 0 bridgehead atoms. The highest BCUT2D eigenvalue weighted by molar-refractivity contribution is 7.98. The Balaban J connectivity index is 2.87. The summed E-state index contributed by atoms with van der Waals surface area (Å²) in [6.07, 6.45) is 6.20. The number of hydrogen-bond donors (Lipinski definition) is 4. The standard InChI is InChI=1S/C21H32N2O4S2/c1-14(2)15(8-9-16(22)13-28)12-27-19-7-5-4-6-17(19)20(24)23-18(21(25)26)10-11-29-3/h4-9,14-16,18,28H,10-13,22H2,1-3H3,(H,23,24)(H,25,26)/b9-8+. The van der Waals surface area contributed by atoms with E-state index in [4.69, 9.17) is 10.5 Å². The van der Waals surface area contributed by atoms with Crippen LogP contribution in [0, 0.1) is 11.8 Å². The second-order valence-corrected chi connectivity index (χ2v) is 8.44. The summed E-state index contributed by atoms with van der Waals surface area (Å²) in [6, 6.07) is 5.81. The molecule has 0 aliphatic rings. The van der Waals surface area contributed by atoms with E-state index in [2.05, 4.69) is 31.8 Å². The zero-order chi connectivity index (χ0) is 21.8. The van der Waals surface area contributed by atoms with Gasteiger partial charge in [0.15, 0.2) is 0 Å². The van der Waals surface area contributed by atoms with Gasteiger partial charge in [0.1, 0.15) is 11.8 Å². The molecule has 0 fully saturated rings. The minimum absolute atomic E-state index is 0.116. The van der Waals surface area contributed by atoms with E-state index < -0.39 is 17.9 Å². The van der Waals surface area contributed by atoms with Crippen LogP contribution in [0.4, 0.5) is 0 Å². The van der Waals surface area contributed by atoms with Crippen LogP contribution in [0.5, 0.6) is 5.75 Å². The van der Waals surface area contributed by atoms with Gasteiger partial charge < -0.3 is 20.9 Å². The van der Waals surface area contributed by atoms with Crippen LogP contribution < -0.4 is 15.8 Å². The third-order valence-corrected chi connectivity index (χ3v) is 5.52. The van der Waals surface area contributed by atoms with Gasteiger partial charge in [-0.25, -0.2) is 4.79 Å². The lowest BCUT2D eigenvalue weighted by Crippen LogP contribution is -2.41. The first-order chi connectivity index (χ1) is 13.8. The number of thiol groups is 1. The molecular formula is C21H32N2O4S2. The van der Waals surface area contributed by atoms with Crippen LogP contribution in [0.3, 0.4) is 0 Å². The molecule has 0 saturated heterocycles. The van der Waals surface area contributed by atoms with Crippen molar-refractivity contribution in [3.05, 3.63) is 42.0 Å². The zero-order valence-corrected chi connectivity index (χ0v) is 18.9. The molecule has 8 heteroatoms. The first kappa shape index (κ1) is 25.4. The van der Waals surface area contributed by atoms with Crippen LogP contribution in [0.15, 0.2) is 36.4 Å². The average molecular weight is 441 g/mol. The van der Waals surface area contributed by atoms with E-state index in [1.807, 2.05) is 18.4 Å². The number of aliphatic carboxylic acids is 1. The Kier molecular flexibility index (Phi) is 11.9. The third kappa shape index (κ3) is 9.14. The number of ether oxygens (including phenoxy) is 1. The van der Waals surface area contributed by atoms with Gasteiger partial charge in [-0.05, 0) is 36.5 Å². The molecule has 6 nitrogen and oxygen atoms in total. The smallest absolute Gasteiger partial charge is 0.326 e. The number of nitrogens with one attached hydrogen (secondary N) is 1. The van der Waals surface area contributed by atoms with Crippen molar-refractivity contribution >= 4 is 36.3 Å². The number of amides is 1. The lowest BCUT2D eigenvalue weighted by atomic mass is 9.95. The second kappa shape index (κ2) is 13.6. The van der Waals surface area contributed by atoms with Crippen molar-refractivity contribution in [2.24, 2.45) is 17.6 Å².